The van der Waals surface area contributed by atoms with Gasteiger partial charge in [-0.1, -0.05) is 56.3 Å². The van der Waals surface area contributed by atoms with E-state index >= 15 is 8.78 Å². The van der Waals surface area contributed by atoms with Crippen molar-refractivity contribution in [1.29, 1.82) is 0 Å². The minimum absolute atomic E-state index is 0.0535. The van der Waals surface area contributed by atoms with Crippen LogP contribution < -0.4 is 32.3 Å². The number of hydrogen-bond donors (Lipinski definition) is 8. The number of thiol groups is 1. The van der Waals surface area contributed by atoms with Gasteiger partial charge in [0.05, 0.1) is 71.1 Å². The summed E-state index contributed by atoms with van der Waals surface area (Å²) in [4.78, 5) is 98.8. The molecule has 0 aliphatic carbocycles. The Bertz CT molecular complexity index is 2950. The second-order valence-corrected chi connectivity index (χ2v) is 23.0. The molecule has 1 aromatic heterocycles. The first-order valence-electron chi connectivity index (χ1n) is 30.7. The Balaban J connectivity index is 1.00. The van der Waals surface area contributed by atoms with E-state index in [0.717, 1.165) is 23.8 Å². The van der Waals surface area contributed by atoms with E-state index in [4.69, 9.17) is 39.1 Å². The number of rotatable bonds is 38. The van der Waals surface area contributed by atoms with Gasteiger partial charge in [0.15, 0.2) is 0 Å². The highest BCUT2D eigenvalue weighted by Crippen LogP contribution is 2.39. The summed E-state index contributed by atoms with van der Waals surface area (Å²) >= 11 is 4.02. The van der Waals surface area contributed by atoms with Crippen LogP contribution in [0.2, 0.25) is 0 Å². The third kappa shape index (κ3) is 24.3. The van der Waals surface area contributed by atoms with Crippen LogP contribution in [0.25, 0.3) is 11.3 Å². The molecule has 2 aliphatic rings. The number of ether oxygens (including phenoxy) is 6. The number of halogens is 3. The maximum Gasteiger partial charge on any atom is 0.410 e. The van der Waals surface area contributed by atoms with Gasteiger partial charge < -0.3 is 80.2 Å². The topological polar surface area (TPSA) is 306 Å². The molecule has 6 atom stereocenters. The zero-order valence-corrected chi connectivity index (χ0v) is 52.7. The summed E-state index contributed by atoms with van der Waals surface area (Å²) in [7, 11) is 0. The fraction of sp³-hybridized carbons (Fsp3) is 0.556. The number of urea groups is 1. The predicted molar refractivity (Wildman–Crippen MR) is 333 cm³/mol. The van der Waals surface area contributed by atoms with Gasteiger partial charge in [-0.3, -0.25) is 24.0 Å². The lowest BCUT2D eigenvalue weighted by Crippen LogP contribution is -2.54. The molecule has 3 aromatic carbocycles. The molecule has 24 nitrogen and oxygen atoms in total. The molecule has 28 heteroatoms. The molecule has 0 radical (unpaired) electrons. The number of amides is 8. The van der Waals surface area contributed by atoms with E-state index in [1.54, 1.807) is 48.9 Å². The van der Waals surface area contributed by atoms with Crippen LogP contribution in [0.5, 0.6) is 0 Å². The van der Waals surface area contributed by atoms with Crippen molar-refractivity contribution in [2.75, 3.05) is 110 Å². The van der Waals surface area contributed by atoms with Gasteiger partial charge in [-0.15, -0.1) is 0 Å². The molecule has 2 saturated heterocycles. The van der Waals surface area contributed by atoms with Crippen LogP contribution in [0.15, 0.2) is 79.0 Å². The normalized spacial score (nSPS) is 16.3. The number of nitrogens with one attached hydrogen (secondary N) is 5. The van der Waals surface area contributed by atoms with Gasteiger partial charge in [-0.2, -0.15) is 12.6 Å². The molecule has 3 heterocycles. The van der Waals surface area contributed by atoms with Crippen molar-refractivity contribution in [2.24, 2.45) is 23.5 Å². The molecule has 8 amide bonds. The second kappa shape index (κ2) is 38.5. The Morgan fingerprint density at radius 2 is 1.46 bits per heavy atom. The molecule has 8 N–H and O–H groups in total. The molecular weight excluding hydrogens is 1210 g/mol. The monoisotopic (exact) mass is 1300 g/mol. The lowest BCUT2D eigenvalue weighted by Gasteiger charge is -2.40. The van der Waals surface area contributed by atoms with Gasteiger partial charge in [0, 0.05) is 82.1 Å². The van der Waals surface area contributed by atoms with Crippen LogP contribution >= 0.6 is 12.6 Å². The Morgan fingerprint density at radius 3 is 2.11 bits per heavy atom. The van der Waals surface area contributed by atoms with Crippen LogP contribution in [0.4, 0.5) is 28.4 Å². The number of carbonyl (C=O) groups is 7. The molecule has 4 aromatic rings. The van der Waals surface area contributed by atoms with Crippen molar-refractivity contribution in [1.82, 2.24) is 40.6 Å². The van der Waals surface area contributed by atoms with Gasteiger partial charge in [-0.25, -0.2) is 27.7 Å². The molecular formula is C63H87F3N10O14S. The number of likely N-dealkylation sites (tertiary alicyclic amines) is 1. The molecule has 0 saturated carbocycles. The predicted octanol–water partition coefficient (Wildman–Crippen LogP) is 5.07. The average molecular weight is 1300 g/mol. The van der Waals surface area contributed by atoms with E-state index < -0.39 is 83.7 Å². The summed E-state index contributed by atoms with van der Waals surface area (Å²) in [5, 5.41) is 24.4. The SMILES string of the molecule is CC(C)[C@H](NC(=O)CCOCCOCCOCCOCCNC(=O)CCS)C(=O)N[C@@H](CCCNC(N)=O)C(=O)Nc1ccc(COC(=O)N2C[C@@H](CN(C(=O)[C@@H](C)O)[C@@H](c3nc(-c4cc(F)ccc4F)cn3Cc3ccccc3)C3CCOCC3)[C@@H](F)C2)cc1. The second-order valence-electron chi connectivity index (χ2n) is 22.5. The highest BCUT2D eigenvalue weighted by atomic mass is 32.1. The third-order valence-corrected chi connectivity index (χ3v) is 15.4. The van der Waals surface area contributed by atoms with Crippen LogP contribution in [0, 0.1) is 29.4 Å². The number of nitrogens with zero attached hydrogens (tertiary/aromatic N) is 4. The number of aromatic nitrogens is 2. The first kappa shape index (κ1) is 72.7. The van der Waals surface area contributed by atoms with Gasteiger partial charge >= 0.3 is 12.1 Å². The number of aliphatic hydroxyl groups excluding tert-OH is 1. The molecule has 2 fully saturated rings. The summed E-state index contributed by atoms with van der Waals surface area (Å²) in [6, 6.07) is 14.9. The Hall–Kier alpha value is -7.34. The maximum absolute atomic E-state index is 16.4. The minimum atomic E-state index is -1.62. The fourth-order valence-corrected chi connectivity index (χ4v) is 10.6. The average Bonchev–Trinajstić information content (AvgIpc) is 1.72. The molecule has 91 heavy (non-hydrogen) atoms. The summed E-state index contributed by atoms with van der Waals surface area (Å²) in [5.74, 6) is -4.71. The number of alkyl halides is 1. The quantitative estimate of drug-likeness (QED) is 0.0215. The number of anilines is 1. The first-order valence-corrected chi connectivity index (χ1v) is 31.3. The smallest absolute Gasteiger partial charge is 0.410 e. The lowest BCUT2D eigenvalue weighted by molar-refractivity contribution is -0.145. The molecule has 6 rings (SSSR count). The van der Waals surface area contributed by atoms with Crippen LogP contribution in [0.3, 0.4) is 0 Å². The number of imidazole rings is 1. The lowest BCUT2D eigenvalue weighted by atomic mass is 9.88. The Morgan fingerprint density at radius 1 is 0.791 bits per heavy atom. The van der Waals surface area contributed by atoms with E-state index in [1.807, 2.05) is 30.3 Å². The van der Waals surface area contributed by atoms with Gasteiger partial charge in [0.25, 0.3) is 5.91 Å². The molecule has 0 spiro atoms. The number of carbonyl (C=O) groups excluding carboxylic acids is 7. The summed E-state index contributed by atoms with van der Waals surface area (Å²) in [6.45, 7) is 7.50. The van der Waals surface area contributed by atoms with Crippen LogP contribution in [-0.4, -0.2) is 195 Å². The van der Waals surface area contributed by atoms with Crippen molar-refractivity contribution in [3.63, 3.8) is 0 Å². The Labute approximate surface area is 533 Å². The maximum atomic E-state index is 16.4. The van der Waals surface area contributed by atoms with E-state index in [0.29, 0.717) is 94.9 Å². The first-order chi connectivity index (χ1) is 43.8. The van der Waals surface area contributed by atoms with Gasteiger partial charge in [0.1, 0.15) is 48.4 Å². The van der Waals surface area contributed by atoms with E-state index in [1.165, 1.54) is 16.7 Å². The van der Waals surface area contributed by atoms with E-state index in [2.05, 4.69) is 39.2 Å². The van der Waals surface area contributed by atoms with Gasteiger partial charge in [0.2, 0.25) is 23.6 Å². The summed E-state index contributed by atoms with van der Waals surface area (Å²) < 4.78 is 81.4. The van der Waals surface area contributed by atoms with Crippen molar-refractivity contribution >= 4 is 60.0 Å². The van der Waals surface area contributed by atoms with Crippen LogP contribution in [0.1, 0.15) is 82.3 Å². The highest BCUT2D eigenvalue weighted by Gasteiger charge is 2.44. The number of benzene rings is 3. The number of nitrogens with two attached hydrogens (primary N) is 1. The molecule has 500 valence electrons. The van der Waals surface area contributed by atoms with Crippen molar-refractivity contribution in [3.8, 4) is 11.3 Å². The Kier molecular flexibility index (Phi) is 30.8. The fourth-order valence-electron chi connectivity index (χ4n) is 10.4. The van der Waals surface area contributed by atoms with Crippen molar-refractivity contribution < 1.29 is 80.3 Å². The summed E-state index contributed by atoms with van der Waals surface area (Å²) in [5.41, 5.74) is 6.93. The molecule has 0 bridgehead atoms. The highest BCUT2D eigenvalue weighted by molar-refractivity contribution is 7.80. The largest absolute Gasteiger partial charge is 0.445 e. The van der Waals surface area contributed by atoms with Crippen LogP contribution in [-0.2, 0) is 65.5 Å². The minimum Gasteiger partial charge on any atom is -0.445 e. The van der Waals surface area contributed by atoms with E-state index in [-0.39, 0.29) is 107 Å². The standard InChI is InChI=1S/C63H87F3N10O14S/c1-41(2)56(73-55(79)19-25-86-27-29-88-31-32-89-30-28-87-26-22-68-54(78)20-33-91)60(81)72-52(10-7-21-69-62(67)83)59(80)70-48-14-11-44(12-15-48)40-90-63(84)75-36-46(51(66)38-75)37-76(61(82)42(3)77)57(45-17-23-85-24-18-45)58-71-53(49-34-47(64)13-16-50(49)65)39-74(58)35-43-8-5-4-6-9-43/h4-6,8-9,11-16,34,39,41-42,45-46,51-52,56-57,77,91H,7,10,17-33,35-38,40H2,1-3H3,(H,68,78)(H,70,80)(H,72,81)(H,73,79)(H3,67,69,83)/t42-,46+,51+,52+,56+,57-/m1/s1. The number of primary amides is 1. The third-order valence-electron chi connectivity index (χ3n) is 15.2. The number of aliphatic hydroxyl groups is 1. The zero-order valence-electron chi connectivity index (χ0n) is 51.8. The van der Waals surface area contributed by atoms with Gasteiger partial charge in [-0.05, 0) is 91.7 Å². The zero-order chi connectivity index (χ0) is 65.7. The summed E-state index contributed by atoms with van der Waals surface area (Å²) in [6.07, 6.45) is -0.849. The van der Waals surface area contributed by atoms with Crippen molar-refractivity contribution in [3.05, 3.63) is 108 Å². The van der Waals surface area contributed by atoms with E-state index in [9.17, 15) is 43.1 Å². The number of hydrogen-bond acceptors (Lipinski definition) is 16. The molecule has 0 unspecified atom stereocenters. The van der Waals surface area contributed by atoms with Crippen molar-refractivity contribution in [2.45, 2.75) is 103 Å². The molecule has 2 aliphatic heterocycles.